The van der Waals surface area contributed by atoms with Crippen molar-refractivity contribution in [3.8, 4) is 0 Å². The zero-order valence-corrected chi connectivity index (χ0v) is 18.7. The number of hydrogen-bond donors (Lipinski definition) is 0. The Labute approximate surface area is 184 Å². The van der Waals surface area contributed by atoms with Gasteiger partial charge in [-0.05, 0) is 31.2 Å². The maximum absolute atomic E-state index is 13.2. The van der Waals surface area contributed by atoms with Gasteiger partial charge in [0, 0.05) is 57.7 Å². The minimum Gasteiger partial charge on any atom is -0.381 e. The second kappa shape index (κ2) is 10.4. The second-order valence-corrected chi connectivity index (χ2v) is 8.82. The normalized spacial score (nSPS) is 21.4. The Morgan fingerprint density at radius 1 is 1.16 bits per heavy atom. The molecule has 0 bridgehead atoms. The van der Waals surface area contributed by atoms with Gasteiger partial charge in [0.25, 0.3) is 0 Å². The van der Waals surface area contributed by atoms with Gasteiger partial charge in [-0.25, -0.2) is 0 Å². The number of rotatable bonds is 7. The molecule has 7 nitrogen and oxygen atoms in total. The van der Waals surface area contributed by atoms with Crippen LogP contribution in [0.2, 0.25) is 0 Å². The largest absolute Gasteiger partial charge is 0.381 e. The Bertz CT molecular complexity index is 848. The number of carbonyl (C=O) groups excluding carboxylic acids is 1. The lowest BCUT2D eigenvalue weighted by Gasteiger charge is -2.30. The van der Waals surface area contributed by atoms with Crippen molar-refractivity contribution >= 4 is 5.91 Å². The zero-order chi connectivity index (χ0) is 21.6. The van der Waals surface area contributed by atoms with Crippen LogP contribution in [0, 0.1) is 12.8 Å². The smallest absolute Gasteiger partial charge is 0.236 e. The molecule has 0 saturated carbocycles. The Morgan fingerprint density at radius 3 is 2.65 bits per heavy atom. The topological polar surface area (TPSA) is 59.8 Å². The van der Waals surface area contributed by atoms with E-state index in [-0.39, 0.29) is 12.0 Å². The van der Waals surface area contributed by atoms with Crippen molar-refractivity contribution in [2.45, 2.75) is 39.0 Å². The Kier molecular flexibility index (Phi) is 7.37. The molecule has 31 heavy (non-hydrogen) atoms. The molecule has 1 atom stereocenters. The summed E-state index contributed by atoms with van der Waals surface area (Å²) < 4.78 is 13.7. The van der Waals surface area contributed by atoms with Gasteiger partial charge in [0.1, 0.15) is 0 Å². The molecular weight excluding hydrogens is 392 g/mol. The van der Waals surface area contributed by atoms with E-state index in [1.807, 2.05) is 41.0 Å². The van der Waals surface area contributed by atoms with E-state index in [1.54, 1.807) is 0 Å². The van der Waals surface area contributed by atoms with Gasteiger partial charge >= 0.3 is 0 Å². The molecule has 2 fully saturated rings. The first kappa shape index (κ1) is 22.0. The van der Waals surface area contributed by atoms with Crippen molar-refractivity contribution in [2.24, 2.45) is 13.0 Å². The number of hydrogen-bond acceptors (Lipinski definition) is 5. The standard InChI is InChI=1S/C24H34N4O3/c1-19-22(12-25-26(19)2)14-27-15-23(31-18-21-6-4-3-5-7-21)16-28(24(29)17-27)13-20-8-10-30-11-9-20/h3-7,12,20,23H,8-11,13-18H2,1-2H3. The van der Waals surface area contributed by atoms with Crippen molar-refractivity contribution in [1.82, 2.24) is 19.6 Å². The van der Waals surface area contributed by atoms with Crippen LogP contribution < -0.4 is 0 Å². The molecule has 4 rings (SSSR count). The van der Waals surface area contributed by atoms with Crippen LogP contribution in [0.4, 0.5) is 0 Å². The molecule has 7 heteroatoms. The summed E-state index contributed by atoms with van der Waals surface area (Å²) in [6.07, 6.45) is 3.93. The Morgan fingerprint density at radius 2 is 1.94 bits per heavy atom. The third kappa shape index (κ3) is 5.93. The lowest BCUT2D eigenvalue weighted by molar-refractivity contribution is -0.133. The maximum atomic E-state index is 13.2. The lowest BCUT2D eigenvalue weighted by Crippen LogP contribution is -2.42. The van der Waals surface area contributed by atoms with Gasteiger partial charge < -0.3 is 14.4 Å². The summed E-state index contributed by atoms with van der Waals surface area (Å²) in [5, 5.41) is 4.36. The molecule has 1 aromatic heterocycles. The number of benzene rings is 1. The fourth-order valence-electron chi connectivity index (χ4n) is 4.42. The van der Waals surface area contributed by atoms with Crippen LogP contribution in [0.25, 0.3) is 0 Å². The predicted molar refractivity (Wildman–Crippen MR) is 118 cm³/mol. The number of nitrogens with zero attached hydrogens (tertiary/aromatic N) is 4. The van der Waals surface area contributed by atoms with E-state index in [0.29, 0.717) is 32.2 Å². The van der Waals surface area contributed by atoms with Crippen LogP contribution in [0.15, 0.2) is 36.5 Å². The first-order valence-corrected chi connectivity index (χ1v) is 11.3. The van der Waals surface area contributed by atoms with E-state index in [2.05, 4.69) is 29.1 Å². The van der Waals surface area contributed by atoms with Crippen LogP contribution in [0.3, 0.4) is 0 Å². The van der Waals surface area contributed by atoms with Gasteiger partial charge in [-0.15, -0.1) is 0 Å². The summed E-state index contributed by atoms with van der Waals surface area (Å²) >= 11 is 0. The average molecular weight is 427 g/mol. The molecule has 2 saturated heterocycles. The molecule has 0 radical (unpaired) electrons. The van der Waals surface area contributed by atoms with E-state index < -0.39 is 0 Å². The third-order valence-corrected chi connectivity index (χ3v) is 6.48. The predicted octanol–water partition coefficient (Wildman–Crippen LogP) is 2.38. The van der Waals surface area contributed by atoms with Gasteiger partial charge in [-0.1, -0.05) is 30.3 Å². The number of amides is 1. The fourth-order valence-corrected chi connectivity index (χ4v) is 4.42. The molecule has 2 aromatic rings. The SMILES string of the molecule is Cc1c(CN2CC(=O)N(CC3CCOCC3)CC(OCc3ccccc3)C2)cnn1C. The first-order valence-electron chi connectivity index (χ1n) is 11.3. The van der Waals surface area contributed by atoms with E-state index in [0.717, 1.165) is 56.0 Å². The van der Waals surface area contributed by atoms with Crippen molar-refractivity contribution in [3.05, 3.63) is 53.3 Å². The van der Waals surface area contributed by atoms with Gasteiger partial charge in [-0.3, -0.25) is 14.4 Å². The van der Waals surface area contributed by atoms with Gasteiger partial charge in [-0.2, -0.15) is 5.10 Å². The Hall–Kier alpha value is -2.22. The van der Waals surface area contributed by atoms with Gasteiger partial charge in [0.15, 0.2) is 0 Å². The molecule has 168 valence electrons. The lowest BCUT2D eigenvalue weighted by atomic mass is 9.99. The molecule has 0 aliphatic carbocycles. The molecule has 1 unspecified atom stereocenters. The summed E-state index contributed by atoms with van der Waals surface area (Å²) in [5.41, 5.74) is 3.45. The van der Waals surface area contributed by atoms with Crippen molar-refractivity contribution < 1.29 is 14.3 Å². The number of aromatic nitrogens is 2. The highest BCUT2D eigenvalue weighted by Gasteiger charge is 2.30. The minimum absolute atomic E-state index is 0.0246. The molecule has 0 spiro atoms. The second-order valence-electron chi connectivity index (χ2n) is 8.82. The highest BCUT2D eigenvalue weighted by Crippen LogP contribution is 2.20. The third-order valence-electron chi connectivity index (χ3n) is 6.48. The highest BCUT2D eigenvalue weighted by atomic mass is 16.5. The number of ether oxygens (including phenoxy) is 2. The van der Waals surface area contributed by atoms with E-state index in [1.165, 1.54) is 0 Å². The van der Waals surface area contributed by atoms with E-state index in [9.17, 15) is 4.79 Å². The summed E-state index contributed by atoms with van der Waals surface area (Å²) in [6, 6.07) is 10.2. The highest BCUT2D eigenvalue weighted by molar-refractivity contribution is 5.78. The summed E-state index contributed by atoms with van der Waals surface area (Å²) in [4.78, 5) is 17.4. The van der Waals surface area contributed by atoms with Crippen molar-refractivity contribution in [1.29, 1.82) is 0 Å². The fraction of sp³-hybridized carbons (Fsp3) is 0.583. The quantitative estimate of drug-likeness (QED) is 0.680. The molecule has 3 heterocycles. The van der Waals surface area contributed by atoms with E-state index in [4.69, 9.17) is 9.47 Å². The van der Waals surface area contributed by atoms with Crippen LogP contribution in [0.1, 0.15) is 29.7 Å². The van der Waals surface area contributed by atoms with Crippen molar-refractivity contribution in [2.75, 3.05) is 39.4 Å². The van der Waals surface area contributed by atoms with E-state index >= 15 is 0 Å². The molecular formula is C24H34N4O3. The van der Waals surface area contributed by atoms with Crippen LogP contribution >= 0.6 is 0 Å². The monoisotopic (exact) mass is 426 g/mol. The molecule has 0 N–H and O–H groups in total. The zero-order valence-electron chi connectivity index (χ0n) is 18.7. The maximum Gasteiger partial charge on any atom is 0.236 e. The summed E-state index contributed by atoms with van der Waals surface area (Å²) in [7, 11) is 1.95. The van der Waals surface area contributed by atoms with Gasteiger partial charge in [0.05, 0.1) is 25.5 Å². The van der Waals surface area contributed by atoms with Crippen LogP contribution in [-0.2, 0) is 34.5 Å². The number of carbonyl (C=O) groups is 1. The molecule has 1 aromatic carbocycles. The summed E-state index contributed by atoms with van der Waals surface area (Å²) in [6.45, 7) is 7.54. The molecule has 1 amide bonds. The van der Waals surface area contributed by atoms with Crippen molar-refractivity contribution in [3.63, 3.8) is 0 Å². The first-order chi connectivity index (χ1) is 15.1. The minimum atomic E-state index is -0.0246. The van der Waals surface area contributed by atoms with Crippen LogP contribution in [-0.4, -0.2) is 71.0 Å². The average Bonchev–Trinajstić information content (AvgIpc) is 3.01. The molecule has 2 aliphatic rings. The summed E-state index contributed by atoms with van der Waals surface area (Å²) in [5.74, 6) is 0.707. The van der Waals surface area contributed by atoms with Gasteiger partial charge in [0.2, 0.25) is 5.91 Å². The molecule has 2 aliphatic heterocycles. The Balaban J connectivity index is 1.45. The number of aryl methyl sites for hydroxylation is 1. The van der Waals surface area contributed by atoms with Crippen LogP contribution in [0.5, 0.6) is 0 Å².